The molecule has 4 heterocycles. The lowest BCUT2D eigenvalue weighted by Crippen LogP contribution is -2.39. The second-order valence-corrected chi connectivity index (χ2v) is 10.7. The number of cyclic esters (lactones) is 1. The van der Waals surface area contributed by atoms with E-state index in [4.69, 9.17) is 15.5 Å². The third kappa shape index (κ3) is 4.81. The van der Waals surface area contributed by atoms with Gasteiger partial charge in [0.1, 0.15) is 17.8 Å². The second-order valence-electron chi connectivity index (χ2n) is 10.7. The molecule has 0 saturated carbocycles. The smallest absolute Gasteiger partial charge is 0.313 e. The molecule has 1 amide bonds. The molecule has 220 valence electrons. The normalized spacial score (nSPS) is 17.7. The number of nitrogens with two attached hydrogens (primary N) is 1. The van der Waals surface area contributed by atoms with E-state index in [2.05, 4.69) is 0 Å². The molecule has 0 bridgehead atoms. The molecule has 3 aromatic rings. The number of aryl methyl sites for hydroxylation is 2. The summed E-state index contributed by atoms with van der Waals surface area (Å²) in [6, 6.07) is 3.43. The van der Waals surface area contributed by atoms with Gasteiger partial charge in [-0.1, -0.05) is 20.8 Å². The summed E-state index contributed by atoms with van der Waals surface area (Å²) in [5, 5.41) is 1.06. The van der Waals surface area contributed by atoms with Gasteiger partial charge in [0.25, 0.3) is 12.0 Å². The van der Waals surface area contributed by atoms with Gasteiger partial charge >= 0.3 is 5.97 Å². The second kappa shape index (κ2) is 11.3. The Kier molecular flexibility index (Phi) is 8.34. The lowest BCUT2D eigenvalue weighted by Gasteiger charge is -2.22. The molecule has 0 radical (unpaired) electrons. The number of fused-ring (bicyclic) bond motifs is 5. The molecule has 0 saturated heterocycles. The fraction of sp³-hybridized carbons (Fsp3) is 0.484. The number of carbonyl (C=O) groups excluding carboxylic acids is 2. The number of primary amides is 1. The summed E-state index contributed by atoms with van der Waals surface area (Å²) in [4.78, 5) is 40.5. The number of aromatic nitrogens is 2. The van der Waals surface area contributed by atoms with Gasteiger partial charge in [0, 0.05) is 17.0 Å². The highest BCUT2D eigenvalue weighted by molar-refractivity contribution is 5.92. The van der Waals surface area contributed by atoms with Crippen molar-refractivity contribution in [1.29, 1.82) is 0 Å². The number of alkyl halides is 2. The van der Waals surface area contributed by atoms with Gasteiger partial charge in [-0.15, -0.1) is 0 Å². The largest absolute Gasteiger partial charge is 0.460 e. The quantitative estimate of drug-likeness (QED) is 0.318. The number of pyridine rings is 2. The summed E-state index contributed by atoms with van der Waals surface area (Å²) in [6.45, 7) is 10.8. The summed E-state index contributed by atoms with van der Waals surface area (Å²) < 4.78 is 45.5. The number of amides is 1. The molecule has 2 N–H and O–H groups in total. The van der Waals surface area contributed by atoms with Crippen molar-refractivity contribution < 1.29 is 27.5 Å². The first-order valence-corrected chi connectivity index (χ1v) is 14.1. The molecule has 7 nitrogen and oxygen atoms in total. The van der Waals surface area contributed by atoms with E-state index < -0.39 is 23.7 Å². The monoisotopic (exact) mass is 571 g/mol. The number of esters is 1. The number of benzene rings is 1. The summed E-state index contributed by atoms with van der Waals surface area (Å²) in [6.07, 6.45) is 0.116. The van der Waals surface area contributed by atoms with Crippen LogP contribution in [0.25, 0.3) is 22.3 Å². The number of nitrogens with zero attached hydrogens (tertiary/aromatic N) is 2. The van der Waals surface area contributed by atoms with E-state index in [0.717, 1.165) is 52.7 Å². The minimum Gasteiger partial charge on any atom is -0.460 e. The summed E-state index contributed by atoms with van der Waals surface area (Å²) in [5.41, 5.74) is 10.4. The van der Waals surface area contributed by atoms with Crippen LogP contribution in [0.2, 0.25) is 0 Å². The number of hydrogen-bond acceptors (Lipinski definition) is 5. The summed E-state index contributed by atoms with van der Waals surface area (Å²) >= 11 is 0. The van der Waals surface area contributed by atoms with Crippen molar-refractivity contribution in [1.82, 2.24) is 9.55 Å². The molecular formula is C31H36F3N3O4. The first kappa shape index (κ1) is 30.3. The maximum Gasteiger partial charge on any atom is 0.313 e. The van der Waals surface area contributed by atoms with Crippen LogP contribution in [0.15, 0.2) is 16.9 Å². The number of halogens is 3. The van der Waals surface area contributed by atoms with E-state index >= 15 is 0 Å². The van der Waals surface area contributed by atoms with Crippen molar-refractivity contribution in [3.63, 3.8) is 0 Å². The highest BCUT2D eigenvalue weighted by atomic mass is 19.3. The van der Waals surface area contributed by atoms with Gasteiger partial charge in [-0.05, 0) is 74.8 Å². The Labute approximate surface area is 236 Å². The Balaban J connectivity index is 0.000000277. The molecular weight excluding hydrogens is 535 g/mol. The number of ether oxygens (including phenoxy) is 1. The van der Waals surface area contributed by atoms with Crippen LogP contribution in [0.5, 0.6) is 0 Å². The third-order valence-corrected chi connectivity index (χ3v) is 8.62. The van der Waals surface area contributed by atoms with Gasteiger partial charge in [0.05, 0.1) is 34.9 Å². The van der Waals surface area contributed by atoms with E-state index in [1.165, 1.54) is 25.5 Å². The third-order valence-electron chi connectivity index (χ3n) is 8.62. The maximum absolute atomic E-state index is 14.5. The molecule has 2 aromatic heterocycles. The van der Waals surface area contributed by atoms with E-state index in [1.54, 1.807) is 11.5 Å². The van der Waals surface area contributed by atoms with Crippen LogP contribution in [0.4, 0.5) is 13.2 Å². The van der Waals surface area contributed by atoms with Crippen LogP contribution < -0.4 is 11.3 Å². The summed E-state index contributed by atoms with van der Waals surface area (Å²) in [5.74, 6) is -1.97. The highest BCUT2D eigenvalue weighted by Crippen LogP contribution is 2.42. The molecule has 1 aliphatic carbocycles. The van der Waals surface area contributed by atoms with Crippen LogP contribution in [0.1, 0.15) is 86.8 Å². The van der Waals surface area contributed by atoms with Gasteiger partial charge in [-0.2, -0.15) is 0 Å². The first-order chi connectivity index (χ1) is 19.4. The molecule has 41 heavy (non-hydrogen) atoms. The lowest BCUT2D eigenvalue weighted by atomic mass is 9.85. The van der Waals surface area contributed by atoms with Crippen molar-refractivity contribution in [2.24, 2.45) is 11.1 Å². The van der Waals surface area contributed by atoms with Crippen LogP contribution in [-0.4, -0.2) is 27.9 Å². The predicted molar refractivity (Wildman–Crippen MR) is 150 cm³/mol. The van der Waals surface area contributed by atoms with Gasteiger partial charge in [0.2, 0.25) is 5.91 Å². The van der Waals surface area contributed by atoms with Gasteiger partial charge < -0.3 is 15.0 Å². The van der Waals surface area contributed by atoms with E-state index in [9.17, 15) is 27.6 Å². The molecule has 6 rings (SSSR count). The predicted octanol–water partition coefficient (Wildman–Crippen LogP) is 5.70. The zero-order chi connectivity index (χ0) is 30.4. The fourth-order valence-corrected chi connectivity index (χ4v) is 5.69. The number of rotatable bonds is 3. The molecule has 2 aliphatic heterocycles. The van der Waals surface area contributed by atoms with Crippen molar-refractivity contribution >= 4 is 22.8 Å². The molecule has 1 aromatic carbocycles. The first-order valence-electron chi connectivity index (χ1n) is 14.1. The SMILES string of the molecule is CC.CCC(C)(C(N)=O)C(F)F.Cc1c(F)cc2nc3c(c4c2c1CCC4)Cn1c-3cc2c(c1=O)COC(=O)C2C. The van der Waals surface area contributed by atoms with Crippen molar-refractivity contribution in [2.45, 2.75) is 92.7 Å². The van der Waals surface area contributed by atoms with Crippen LogP contribution >= 0.6 is 0 Å². The van der Waals surface area contributed by atoms with Crippen LogP contribution in [0.3, 0.4) is 0 Å². The zero-order valence-corrected chi connectivity index (χ0v) is 24.3. The molecule has 3 aliphatic rings. The number of hydrogen-bond donors (Lipinski definition) is 1. The van der Waals surface area contributed by atoms with Gasteiger partial charge in [-0.3, -0.25) is 14.4 Å². The Morgan fingerprint density at radius 1 is 1.17 bits per heavy atom. The fourth-order valence-electron chi connectivity index (χ4n) is 5.69. The Hall–Kier alpha value is -3.69. The highest BCUT2D eigenvalue weighted by Gasteiger charge is 2.39. The molecule has 10 heteroatoms. The topological polar surface area (TPSA) is 104 Å². The average Bonchev–Trinajstić information content (AvgIpc) is 3.33. The zero-order valence-electron chi connectivity index (χ0n) is 24.3. The van der Waals surface area contributed by atoms with E-state index in [-0.39, 0.29) is 30.4 Å². The average molecular weight is 572 g/mol. The molecule has 2 atom stereocenters. The Morgan fingerprint density at radius 3 is 2.41 bits per heavy atom. The van der Waals surface area contributed by atoms with Crippen molar-refractivity contribution in [2.75, 3.05) is 0 Å². The standard InChI is InChI=1S/C23H19FN2O3.C6H11F2NO.C2H6/c1-10-12-4-3-5-13-15-8-26-19(21(15)25-18(20(12)13)7-17(10)24)6-14-11(2)23(28)29-9-16(14)22(26)27;1-3-6(2,4(7)8)5(9)10;1-2/h6-7,11H,3-5,8-9H2,1-2H3;4H,3H2,1-2H3,(H2,9,10);1-2H3. The van der Waals surface area contributed by atoms with Crippen molar-refractivity contribution in [3.05, 3.63) is 61.7 Å². The summed E-state index contributed by atoms with van der Waals surface area (Å²) in [7, 11) is 0. The van der Waals surface area contributed by atoms with Crippen LogP contribution in [0, 0.1) is 18.2 Å². The van der Waals surface area contributed by atoms with E-state index in [1.807, 2.05) is 26.8 Å². The Bertz CT molecular complexity index is 1620. The maximum atomic E-state index is 14.5. The lowest BCUT2D eigenvalue weighted by molar-refractivity contribution is -0.148. The molecule has 2 unspecified atom stereocenters. The number of carbonyl (C=O) groups is 2. The molecule has 0 spiro atoms. The Morgan fingerprint density at radius 2 is 1.83 bits per heavy atom. The van der Waals surface area contributed by atoms with E-state index in [0.29, 0.717) is 23.2 Å². The van der Waals surface area contributed by atoms with Crippen molar-refractivity contribution in [3.8, 4) is 11.4 Å². The van der Waals surface area contributed by atoms with Gasteiger partial charge in [-0.25, -0.2) is 18.2 Å². The minimum absolute atomic E-state index is 0.0186. The minimum atomic E-state index is -2.67. The van der Waals surface area contributed by atoms with Crippen LogP contribution in [-0.2, 0) is 40.3 Å². The van der Waals surface area contributed by atoms with Gasteiger partial charge in [0.15, 0.2) is 0 Å². The molecule has 0 fully saturated rings.